The molecule has 13 heteroatoms. The predicted octanol–water partition coefficient (Wildman–Crippen LogP) is 4.30. The molecule has 3 aromatic rings. The SMILES string of the molecule is COc1cc(OC)c(Nc2ncnc(NNC(=O)COc3ccc(Cl)cc3Cl)c2N)cc1Cl. The highest BCUT2D eigenvalue weighted by atomic mass is 35.5. The summed E-state index contributed by atoms with van der Waals surface area (Å²) in [5.74, 6) is 1.12. The number of nitrogens with one attached hydrogen (secondary N) is 3. The molecule has 10 nitrogen and oxygen atoms in total. The summed E-state index contributed by atoms with van der Waals surface area (Å²) in [4.78, 5) is 20.3. The Bertz CT molecular complexity index is 1160. The summed E-state index contributed by atoms with van der Waals surface area (Å²) in [7, 11) is 3.00. The van der Waals surface area contributed by atoms with E-state index in [0.29, 0.717) is 33.0 Å². The number of methoxy groups -OCH3 is 2. The quantitative estimate of drug-likeness (QED) is 0.309. The zero-order valence-electron chi connectivity index (χ0n) is 17.4. The van der Waals surface area contributed by atoms with Crippen molar-refractivity contribution in [2.75, 3.05) is 37.3 Å². The summed E-state index contributed by atoms with van der Waals surface area (Å²) < 4.78 is 15.9. The number of hydrogen-bond donors (Lipinski definition) is 4. The number of ether oxygens (including phenoxy) is 3. The number of hydrazine groups is 1. The molecular formula is C20H19Cl3N6O4. The highest BCUT2D eigenvalue weighted by Gasteiger charge is 2.15. The third-order valence-corrected chi connectivity index (χ3v) is 5.01. The number of hydrogen-bond acceptors (Lipinski definition) is 9. The van der Waals surface area contributed by atoms with E-state index in [-0.39, 0.29) is 29.0 Å². The molecule has 0 spiro atoms. The topological polar surface area (TPSA) is 133 Å². The van der Waals surface area contributed by atoms with Gasteiger partial charge in [-0.2, -0.15) is 0 Å². The van der Waals surface area contributed by atoms with E-state index >= 15 is 0 Å². The van der Waals surface area contributed by atoms with Crippen LogP contribution in [0, 0.1) is 0 Å². The molecule has 0 fully saturated rings. The summed E-state index contributed by atoms with van der Waals surface area (Å²) in [6, 6.07) is 7.89. The molecule has 3 rings (SSSR count). The van der Waals surface area contributed by atoms with Crippen molar-refractivity contribution >= 4 is 63.7 Å². The number of nitrogens with zero attached hydrogens (tertiary/aromatic N) is 2. The van der Waals surface area contributed by atoms with Gasteiger partial charge in [-0.3, -0.25) is 15.6 Å². The molecule has 5 N–H and O–H groups in total. The van der Waals surface area contributed by atoms with Gasteiger partial charge in [-0.05, 0) is 24.3 Å². The van der Waals surface area contributed by atoms with Crippen LogP contribution in [0.15, 0.2) is 36.7 Å². The minimum Gasteiger partial charge on any atom is -0.495 e. The summed E-state index contributed by atoms with van der Waals surface area (Å²) in [6.07, 6.45) is 1.26. The standard InChI is InChI=1S/C20H19Cl3N6O4/c1-31-15-7-16(32-2)13(6-12(15)23)27-19-18(24)20(26-9-25-19)29-28-17(30)8-33-14-4-3-10(21)5-11(14)22/h3-7,9H,8,24H2,1-2H3,(H,28,30)(H2,25,26,27,29). The number of anilines is 4. The molecule has 0 unspecified atom stereocenters. The van der Waals surface area contributed by atoms with Crippen molar-refractivity contribution in [3.63, 3.8) is 0 Å². The molecule has 174 valence electrons. The fourth-order valence-electron chi connectivity index (χ4n) is 2.58. The van der Waals surface area contributed by atoms with E-state index < -0.39 is 5.91 Å². The Labute approximate surface area is 204 Å². The third kappa shape index (κ3) is 6.13. The van der Waals surface area contributed by atoms with Crippen LogP contribution in [-0.2, 0) is 4.79 Å². The lowest BCUT2D eigenvalue weighted by atomic mass is 10.2. The smallest absolute Gasteiger partial charge is 0.276 e. The van der Waals surface area contributed by atoms with Crippen molar-refractivity contribution in [2.24, 2.45) is 0 Å². The van der Waals surface area contributed by atoms with Crippen LogP contribution in [0.1, 0.15) is 0 Å². The first-order valence-electron chi connectivity index (χ1n) is 9.24. The Kier molecular flexibility index (Phi) is 8.10. The average molecular weight is 514 g/mol. The molecule has 33 heavy (non-hydrogen) atoms. The minimum atomic E-state index is -0.503. The number of nitrogens with two attached hydrogens (primary N) is 1. The Morgan fingerprint density at radius 2 is 1.67 bits per heavy atom. The van der Waals surface area contributed by atoms with Crippen LogP contribution in [0.5, 0.6) is 17.2 Å². The molecular weight excluding hydrogens is 495 g/mol. The lowest BCUT2D eigenvalue weighted by Crippen LogP contribution is -2.34. The van der Waals surface area contributed by atoms with E-state index in [9.17, 15) is 4.79 Å². The maximum absolute atomic E-state index is 12.1. The molecule has 1 amide bonds. The van der Waals surface area contributed by atoms with E-state index in [0.717, 1.165) is 0 Å². The largest absolute Gasteiger partial charge is 0.495 e. The first-order valence-corrected chi connectivity index (χ1v) is 10.4. The Morgan fingerprint density at radius 3 is 2.36 bits per heavy atom. The molecule has 0 aliphatic heterocycles. The fourth-order valence-corrected chi connectivity index (χ4v) is 3.28. The highest BCUT2D eigenvalue weighted by molar-refractivity contribution is 6.35. The van der Waals surface area contributed by atoms with Crippen LogP contribution < -0.4 is 36.1 Å². The van der Waals surface area contributed by atoms with Gasteiger partial charge in [0.1, 0.15) is 29.3 Å². The van der Waals surface area contributed by atoms with Gasteiger partial charge in [0.25, 0.3) is 5.91 Å². The van der Waals surface area contributed by atoms with Gasteiger partial charge in [-0.15, -0.1) is 0 Å². The van der Waals surface area contributed by atoms with Crippen LogP contribution >= 0.6 is 34.8 Å². The number of carbonyl (C=O) groups excluding carboxylic acids is 1. The molecule has 0 bridgehead atoms. The van der Waals surface area contributed by atoms with Crippen molar-refractivity contribution in [3.8, 4) is 17.2 Å². The van der Waals surface area contributed by atoms with Crippen molar-refractivity contribution in [3.05, 3.63) is 51.7 Å². The van der Waals surface area contributed by atoms with Gasteiger partial charge in [0.2, 0.25) is 0 Å². The number of rotatable bonds is 9. The number of amides is 1. The Hall–Kier alpha value is -3.34. The second-order valence-electron chi connectivity index (χ2n) is 6.33. The Balaban J connectivity index is 1.65. The van der Waals surface area contributed by atoms with Crippen LogP contribution in [-0.4, -0.2) is 36.7 Å². The van der Waals surface area contributed by atoms with Gasteiger partial charge in [-0.25, -0.2) is 9.97 Å². The molecule has 0 saturated heterocycles. The molecule has 0 saturated carbocycles. The van der Waals surface area contributed by atoms with E-state index in [1.165, 1.54) is 26.6 Å². The first-order chi connectivity index (χ1) is 15.8. The molecule has 0 aliphatic rings. The zero-order valence-corrected chi connectivity index (χ0v) is 19.7. The number of halogens is 3. The monoisotopic (exact) mass is 512 g/mol. The highest BCUT2D eigenvalue weighted by Crippen LogP contribution is 2.38. The maximum atomic E-state index is 12.1. The second-order valence-corrected chi connectivity index (χ2v) is 7.58. The van der Waals surface area contributed by atoms with Gasteiger partial charge in [-0.1, -0.05) is 34.8 Å². The molecule has 0 atom stereocenters. The number of nitrogen functional groups attached to an aromatic ring is 1. The van der Waals surface area contributed by atoms with E-state index in [1.54, 1.807) is 24.3 Å². The van der Waals surface area contributed by atoms with Crippen molar-refractivity contribution in [1.29, 1.82) is 0 Å². The van der Waals surface area contributed by atoms with Crippen LogP contribution in [0.4, 0.5) is 23.0 Å². The second kappa shape index (κ2) is 11.0. The van der Waals surface area contributed by atoms with Crippen molar-refractivity contribution in [1.82, 2.24) is 15.4 Å². The zero-order chi connectivity index (χ0) is 24.0. The normalized spacial score (nSPS) is 10.3. The van der Waals surface area contributed by atoms with Crippen LogP contribution in [0.3, 0.4) is 0 Å². The number of benzene rings is 2. The van der Waals surface area contributed by atoms with Gasteiger partial charge in [0.15, 0.2) is 18.2 Å². The Morgan fingerprint density at radius 1 is 0.970 bits per heavy atom. The van der Waals surface area contributed by atoms with Crippen molar-refractivity contribution < 1.29 is 19.0 Å². The molecule has 2 aromatic carbocycles. The molecule has 0 radical (unpaired) electrons. The van der Waals surface area contributed by atoms with E-state index in [4.69, 9.17) is 54.7 Å². The predicted molar refractivity (Wildman–Crippen MR) is 128 cm³/mol. The summed E-state index contributed by atoms with van der Waals surface area (Å²) in [5, 5.41) is 4.13. The van der Waals surface area contributed by atoms with Gasteiger partial charge < -0.3 is 25.3 Å². The molecule has 1 heterocycles. The summed E-state index contributed by atoms with van der Waals surface area (Å²) in [6.45, 7) is -0.313. The summed E-state index contributed by atoms with van der Waals surface area (Å²) >= 11 is 18.1. The number of carbonyl (C=O) groups is 1. The summed E-state index contributed by atoms with van der Waals surface area (Å²) in [5.41, 5.74) is 11.8. The van der Waals surface area contributed by atoms with Crippen LogP contribution in [0.25, 0.3) is 0 Å². The van der Waals surface area contributed by atoms with E-state index in [1.807, 2.05) is 0 Å². The lowest BCUT2D eigenvalue weighted by molar-refractivity contribution is -0.122. The fraction of sp³-hybridized carbons (Fsp3) is 0.150. The van der Waals surface area contributed by atoms with Gasteiger partial charge in [0, 0.05) is 11.1 Å². The lowest BCUT2D eigenvalue weighted by Gasteiger charge is -2.16. The average Bonchev–Trinajstić information content (AvgIpc) is 2.79. The van der Waals surface area contributed by atoms with Crippen LogP contribution in [0.2, 0.25) is 15.1 Å². The minimum absolute atomic E-state index is 0.133. The van der Waals surface area contributed by atoms with Crippen molar-refractivity contribution in [2.45, 2.75) is 0 Å². The third-order valence-electron chi connectivity index (χ3n) is 4.18. The van der Waals surface area contributed by atoms with E-state index in [2.05, 4.69) is 26.1 Å². The number of aromatic nitrogens is 2. The van der Waals surface area contributed by atoms with Gasteiger partial charge in [0.05, 0.1) is 30.0 Å². The first kappa shape index (κ1) is 24.3. The molecule has 0 aliphatic carbocycles. The molecule has 1 aromatic heterocycles. The van der Waals surface area contributed by atoms with Gasteiger partial charge >= 0.3 is 0 Å². The maximum Gasteiger partial charge on any atom is 0.276 e.